The molecule has 1 amide bonds. The Morgan fingerprint density at radius 3 is 3.00 bits per heavy atom. The summed E-state index contributed by atoms with van der Waals surface area (Å²) in [5.74, 6) is 1.08. The summed E-state index contributed by atoms with van der Waals surface area (Å²) in [6.45, 7) is 5.97. The Hall–Kier alpha value is -1.32. The summed E-state index contributed by atoms with van der Waals surface area (Å²) in [5.41, 5.74) is 0.981. The molecule has 1 fully saturated rings. The predicted molar refractivity (Wildman–Crippen MR) is 97.3 cm³/mol. The summed E-state index contributed by atoms with van der Waals surface area (Å²) in [6, 6.07) is 1.91. The monoisotopic (exact) mass is 420 g/mol. The Morgan fingerprint density at radius 2 is 2.36 bits per heavy atom. The molecule has 3 N–H and O–H groups in total. The number of aromatic nitrogens is 2. The van der Waals surface area contributed by atoms with E-state index in [1.807, 2.05) is 17.9 Å². The number of hydrogen-bond acceptors (Lipinski definition) is 3. The molecular weight excluding hydrogens is 395 g/mol. The standard InChI is InChI=1S/C14H24N6O.HI/c1-2-15-14(17-11-12-6-8-18-19-12)16-7-4-10-20-9-3-5-13(20)21;/h6,8H,2-5,7,9-11H2,1H3,(H,18,19)(H2,15,16,17);1H. The van der Waals surface area contributed by atoms with Gasteiger partial charge in [0.05, 0.1) is 12.2 Å². The largest absolute Gasteiger partial charge is 0.357 e. The number of halogens is 1. The van der Waals surface area contributed by atoms with Gasteiger partial charge in [0.25, 0.3) is 0 Å². The first-order chi connectivity index (χ1) is 10.3. The topological polar surface area (TPSA) is 85.4 Å². The average molecular weight is 420 g/mol. The Balaban J connectivity index is 0.00000242. The lowest BCUT2D eigenvalue weighted by atomic mass is 10.4. The van der Waals surface area contributed by atoms with Gasteiger partial charge in [-0.25, -0.2) is 4.99 Å². The Morgan fingerprint density at radius 1 is 1.50 bits per heavy atom. The first kappa shape index (κ1) is 18.7. The van der Waals surface area contributed by atoms with Gasteiger partial charge in [0, 0.05) is 38.8 Å². The maximum Gasteiger partial charge on any atom is 0.222 e. The van der Waals surface area contributed by atoms with Crippen molar-refractivity contribution in [3.8, 4) is 0 Å². The molecule has 0 unspecified atom stereocenters. The number of H-pyrrole nitrogens is 1. The van der Waals surface area contributed by atoms with Gasteiger partial charge in [-0.15, -0.1) is 24.0 Å². The van der Waals surface area contributed by atoms with Crippen molar-refractivity contribution in [3.05, 3.63) is 18.0 Å². The van der Waals surface area contributed by atoms with Gasteiger partial charge in [0.1, 0.15) is 0 Å². The molecule has 0 aromatic carbocycles. The molecule has 0 radical (unpaired) electrons. The third-order valence-corrected chi connectivity index (χ3v) is 3.38. The van der Waals surface area contributed by atoms with Crippen molar-refractivity contribution in [3.63, 3.8) is 0 Å². The van der Waals surface area contributed by atoms with E-state index in [2.05, 4.69) is 25.8 Å². The number of hydrogen-bond donors (Lipinski definition) is 3. The number of carbonyl (C=O) groups is 1. The van der Waals surface area contributed by atoms with Crippen LogP contribution in [0.15, 0.2) is 17.3 Å². The van der Waals surface area contributed by atoms with Crippen LogP contribution in [0, 0.1) is 0 Å². The van der Waals surface area contributed by atoms with Crippen LogP contribution in [0.2, 0.25) is 0 Å². The second-order valence-corrected chi connectivity index (χ2v) is 5.04. The summed E-state index contributed by atoms with van der Waals surface area (Å²) in [4.78, 5) is 17.9. The lowest BCUT2D eigenvalue weighted by Gasteiger charge is -2.16. The number of aromatic amines is 1. The van der Waals surface area contributed by atoms with Crippen molar-refractivity contribution >= 4 is 35.8 Å². The van der Waals surface area contributed by atoms with Crippen LogP contribution in [0.3, 0.4) is 0 Å². The Kier molecular flexibility index (Phi) is 8.86. The van der Waals surface area contributed by atoms with Gasteiger partial charge in [-0.05, 0) is 25.8 Å². The number of rotatable bonds is 7. The molecular formula is C14H25IN6O. The zero-order valence-electron chi connectivity index (χ0n) is 13.0. The van der Waals surface area contributed by atoms with E-state index < -0.39 is 0 Å². The van der Waals surface area contributed by atoms with E-state index >= 15 is 0 Å². The highest BCUT2D eigenvalue weighted by atomic mass is 127. The first-order valence-electron chi connectivity index (χ1n) is 7.58. The SMILES string of the molecule is CCNC(=NCc1ccn[nH]1)NCCCN1CCCC1=O.I. The van der Waals surface area contributed by atoms with E-state index in [4.69, 9.17) is 0 Å². The van der Waals surface area contributed by atoms with Gasteiger partial charge in [-0.2, -0.15) is 5.10 Å². The van der Waals surface area contributed by atoms with Gasteiger partial charge in [0.15, 0.2) is 5.96 Å². The number of amides is 1. The van der Waals surface area contributed by atoms with Gasteiger partial charge in [0.2, 0.25) is 5.91 Å². The minimum atomic E-state index is 0. The van der Waals surface area contributed by atoms with Crippen molar-refractivity contribution in [2.75, 3.05) is 26.2 Å². The molecule has 124 valence electrons. The number of aliphatic imine (C=N–C) groups is 1. The maximum absolute atomic E-state index is 11.5. The highest BCUT2D eigenvalue weighted by Gasteiger charge is 2.18. The van der Waals surface area contributed by atoms with Gasteiger partial charge in [-0.1, -0.05) is 0 Å². The normalized spacial score (nSPS) is 14.9. The molecule has 1 aromatic rings. The fourth-order valence-electron chi connectivity index (χ4n) is 2.30. The molecule has 1 aliphatic rings. The van der Waals surface area contributed by atoms with Crippen molar-refractivity contribution < 1.29 is 4.79 Å². The number of likely N-dealkylation sites (tertiary alicyclic amines) is 1. The molecule has 0 bridgehead atoms. The van der Waals surface area contributed by atoms with Gasteiger partial charge >= 0.3 is 0 Å². The summed E-state index contributed by atoms with van der Waals surface area (Å²) >= 11 is 0. The highest BCUT2D eigenvalue weighted by molar-refractivity contribution is 14.0. The van der Waals surface area contributed by atoms with Gasteiger partial charge < -0.3 is 15.5 Å². The van der Waals surface area contributed by atoms with E-state index in [1.54, 1.807) is 6.20 Å². The van der Waals surface area contributed by atoms with Crippen molar-refractivity contribution in [2.24, 2.45) is 4.99 Å². The quantitative estimate of drug-likeness (QED) is 0.267. The van der Waals surface area contributed by atoms with Crippen LogP contribution < -0.4 is 10.6 Å². The lowest BCUT2D eigenvalue weighted by molar-refractivity contribution is -0.127. The first-order valence-corrected chi connectivity index (χ1v) is 7.58. The van der Waals surface area contributed by atoms with Crippen LogP contribution in [0.4, 0.5) is 0 Å². The number of carbonyl (C=O) groups excluding carboxylic acids is 1. The fourth-order valence-corrected chi connectivity index (χ4v) is 2.30. The van der Waals surface area contributed by atoms with Crippen LogP contribution in [0.25, 0.3) is 0 Å². The van der Waals surface area contributed by atoms with Crippen molar-refractivity contribution in [1.82, 2.24) is 25.7 Å². The van der Waals surface area contributed by atoms with E-state index in [0.717, 1.165) is 50.7 Å². The molecule has 22 heavy (non-hydrogen) atoms. The second kappa shape index (κ2) is 10.4. The van der Waals surface area contributed by atoms with Crippen LogP contribution in [0.1, 0.15) is 31.9 Å². The van der Waals surface area contributed by atoms with Crippen molar-refractivity contribution in [2.45, 2.75) is 32.7 Å². The average Bonchev–Trinajstić information content (AvgIpc) is 3.13. The van der Waals surface area contributed by atoms with E-state index in [-0.39, 0.29) is 29.9 Å². The summed E-state index contributed by atoms with van der Waals surface area (Å²) in [5, 5.41) is 13.3. The smallest absolute Gasteiger partial charge is 0.222 e. The molecule has 1 aliphatic heterocycles. The molecule has 0 atom stereocenters. The molecule has 8 heteroatoms. The zero-order valence-corrected chi connectivity index (χ0v) is 15.3. The highest BCUT2D eigenvalue weighted by Crippen LogP contribution is 2.09. The second-order valence-electron chi connectivity index (χ2n) is 5.04. The molecule has 2 heterocycles. The fraction of sp³-hybridized carbons (Fsp3) is 0.643. The molecule has 1 saturated heterocycles. The van der Waals surface area contributed by atoms with Crippen molar-refractivity contribution in [1.29, 1.82) is 0 Å². The van der Waals surface area contributed by atoms with Crippen LogP contribution in [-0.4, -0.2) is 53.1 Å². The molecule has 0 saturated carbocycles. The summed E-state index contributed by atoms with van der Waals surface area (Å²) in [6.07, 6.45) is 4.36. The van der Waals surface area contributed by atoms with E-state index in [1.165, 1.54) is 0 Å². The Labute approximate surface area is 148 Å². The summed E-state index contributed by atoms with van der Waals surface area (Å²) in [7, 11) is 0. The van der Waals surface area contributed by atoms with Crippen LogP contribution in [-0.2, 0) is 11.3 Å². The third-order valence-electron chi connectivity index (χ3n) is 3.38. The molecule has 0 spiro atoms. The van der Waals surface area contributed by atoms with Gasteiger partial charge in [-0.3, -0.25) is 9.89 Å². The molecule has 1 aromatic heterocycles. The summed E-state index contributed by atoms with van der Waals surface area (Å²) < 4.78 is 0. The van der Waals surface area contributed by atoms with Crippen LogP contribution >= 0.6 is 24.0 Å². The predicted octanol–water partition coefficient (Wildman–Crippen LogP) is 1.10. The third kappa shape index (κ3) is 6.20. The maximum atomic E-state index is 11.5. The van der Waals surface area contributed by atoms with E-state index in [9.17, 15) is 4.79 Å². The Bertz CT molecular complexity index is 462. The minimum Gasteiger partial charge on any atom is -0.357 e. The number of nitrogens with one attached hydrogen (secondary N) is 3. The number of nitrogens with zero attached hydrogens (tertiary/aromatic N) is 3. The number of guanidine groups is 1. The van der Waals surface area contributed by atoms with Crippen LogP contribution in [0.5, 0.6) is 0 Å². The molecule has 7 nitrogen and oxygen atoms in total. The van der Waals surface area contributed by atoms with E-state index in [0.29, 0.717) is 13.0 Å². The lowest BCUT2D eigenvalue weighted by Crippen LogP contribution is -2.39. The minimum absolute atomic E-state index is 0. The molecule has 2 rings (SSSR count). The zero-order chi connectivity index (χ0) is 14.9. The molecule has 0 aliphatic carbocycles.